The quantitative estimate of drug-likeness (QED) is 0.467. The minimum Gasteiger partial charge on any atom is -0.508 e. The van der Waals surface area contributed by atoms with Gasteiger partial charge in [-0.3, -0.25) is 9.59 Å². The second-order valence-electron chi connectivity index (χ2n) is 8.02. The SMILES string of the molecule is CN(C)C(=O)c1ccc(N(Cc2ccc3ccccc3c2)C(=O)c2ccc(O)cc2O)cc1. The lowest BCUT2D eigenvalue weighted by molar-refractivity contribution is 0.0827. The molecule has 4 aromatic rings. The number of hydrogen-bond donors (Lipinski definition) is 2. The molecule has 6 nitrogen and oxygen atoms in total. The molecule has 0 saturated carbocycles. The van der Waals surface area contributed by atoms with Crippen LogP contribution in [0.3, 0.4) is 0 Å². The van der Waals surface area contributed by atoms with Crippen LogP contribution in [-0.4, -0.2) is 41.0 Å². The largest absolute Gasteiger partial charge is 0.508 e. The second-order valence-corrected chi connectivity index (χ2v) is 8.02. The van der Waals surface area contributed by atoms with Crippen LogP contribution >= 0.6 is 0 Å². The second kappa shape index (κ2) is 9.04. The van der Waals surface area contributed by atoms with Gasteiger partial charge in [0.15, 0.2) is 0 Å². The number of carbonyl (C=O) groups excluding carboxylic acids is 2. The van der Waals surface area contributed by atoms with Gasteiger partial charge >= 0.3 is 0 Å². The number of fused-ring (bicyclic) bond motifs is 1. The first kappa shape index (κ1) is 21.9. The molecule has 6 heteroatoms. The van der Waals surface area contributed by atoms with Crippen LogP contribution < -0.4 is 4.90 Å². The first-order valence-corrected chi connectivity index (χ1v) is 10.5. The molecular weight excluding hydrogens is 416 g/mol. The van der Waals surface area contributed by atoms with Crippen LogP contribution in [0.5, 0.6) is 11.5 Å². The Hall–Kier alpha value is -4.32. The van der Waals surface area contributed by atoms with Gasteiger partial charge in [0.05, 0.1) is 12.1 Å². The molecule has 0 aliphatic rings. The van der Waals surface area contributed by atoms with Crippen LogP contribution in [0.15, 0.2) is 84.9 Å². The zero-order valence-corrected chi connectivity index (χ0v) is 18.4. The van der Waals surface area contributed by atoms with Crippen molar-refractivity contribution in [3.05, 3.63) is 102 Å². The molecule has 33 heavy (non-hydrogen) atoms. The predicted octanol–water partition coefficient (Wildman–Crippen LogP) is 4.80. The summed E-state index contributed by atoms with van der Waals surface area (Å²) in [7, 11) is 3.36. The lowest BCUT2D eigenvalue weighted by Gasteiger charge is -2.24. The Bertz CT molecular complexity index is 1330. The minimum atomic E-state index is -0.424. The number of phenolic OH excluding ortho intramolecular Hbond substituents is 2. The summed E-state index contributed by atoms with van der Waals surface area (Å²) >= 11 is 0. The smallest absolute Gasteiger partial charge is 0.262 e. The van der Waals surface area contributed by atoms with Crippen molar-refractivity contribution in [2.24, 2.45) is 0 Å². The fourth-order valence-corrected chi connectivity index (χ4v) is 3.69. The molecule has 2 N–H and O–H groups in total. The predicted molar refractivity (Wildman–Crippen MR) is 129 cm³/mol. The topological polar surface area (TPSA) is 81.1 Å². The van der Waals surface area contributed by atoms with Crippen molar-refractivity contribution in [1.29, 1.82) is 0 Å². The summed E-state index contributed by atoms with van der Waals surface area (Å²) in [5.41, 5.74) is 2.07. The summed E-state index contributed by atoms with van der Waals surface area (Å²) in [6.45, 7) is 0.255. The maximum atomic E-state index is 13.5. The molecule has 166 valence electrons. The van der Waals surface area contributed by atoms with E-state index in [1.807, 2.05) is 42.5 Å². The molecule has 4 aromatic carbocycles. The lowest BCUT2D eigenvalue weighted by Crippen LogP contribution is -2.30. The first-order chi connectivity index (χ1) is 15.8. The molecule has 0 aliphatic heterocycles. The van der Waals surface area contributed by atoms with Gasteiger partial charge in [0.1, 0.15) is 11.5 Å². The van der Waals surface area contributed by atoms with Gasteiger partial charge in [-0.1, -0.05) is 36.4 Å². The Morgan fingerprint density at radius 2 is 1.45 bits per heavy atom. The van der Waals surface area contributed by atoms with Crippen molar-refractivity contribution >= 4 is 28.3 Å². The van der Waals surface area contributed by atoms with Gasteiger partial charge in [0, 0.05) is 31.4 Å². The minimum absolute atomic E-state index is 0.0713. The van der Waals surface area contributed by atoms with Crippen LogP contribution in [0.2, 0.25) is 0 Å². The highest BCUT2D eigenvalue weighted by molar-refractivity contribution is 6.08. The number of amides is 2. The fraction of sp³-hybridized carbons (Fsp3) is 0.111. The summed E-state index contributed by atoms with van der Waals surface area (Å²) in [5.74, 6) is -0.989. The van der Waals surface area contributed by atoms with Crippen molar-refractivity contribution in [2.45, 2.75) is 6.54 Å². The zero-order chi connectivity index (χ0) is 23.5. The van der Waals surface area contributed by atoms with Gasteiger partial charge in [-0.2, -0.15) is 0 Å². The highest BCUT2D eigenvalue weighted by Gasteiger charge is 2.22. The molecule has 0 bridgehead atoms. The van der Waals surface area contributed by atoms with Gasteiger partial charge < -0.3 is 20.0 Å². The van der Waals surface area contributed by atoms with E-state index in [1.54, 1.807) is 43.3 Å². The molecule has 0 radical (unpaired) electrons. The van der Waals surface area contributed by atoms with E-state index < -0.39 is 5.91 Å². The highest BCUT2D eigenvalue weighted by atomic mass is 16.3. The molecular formula is C27H24N2O4. The van der Waals surface area contributed by atoms with Gasteiger partial charge in [0.25, 0.3) is 11.8 Å². The summed E-state index contributed by atoms with van der Waals surface area (Å²) in [5, 5.41) is 22.1. The van der Waals surface area contributed by atoms with Gasteiger partial charge in [0.2, 0.25) is 0 Å². The Labute approximate surface area is 191 Å². The van der Waals surface area contributed by atoms with Crippen LogP contribution in [-0.2, 0) is 6.54 Å². The van der Waals surface area contributed by atoms with Crippen molar-refractivity contribution in [3.63, 3.8) is 0 Å². The number of anilines is 1. The monoisotopic (exact) mass is 440 g/mol. The lowest BCUT2D eigenvalue weighted by atomic mass is 10.1. The molecule has 0 heterocycles. The van der Waals surface area contributed by atoms with Crippen LogP contribution in [0.4, 0.5) is 5.69 Å². The summed E-state index contributed by atoms with van der Waals surface area (Å²) < 4.78 is 0. The van der Waals surface area contributed by atoms with Crippen molar-refractivity contribution < 1.29 is 19.8 Å². The average Bonchev–Trinajstić information content (AvgIpc) is 2.81. The van der Waals surface area contributed by atoms with Gasteiger partial charge in [-0.15, -0.1) is 0 Å². The van der Waals surface area contributed by atoms with Crippen LogP contribution in [0, 0.1) is 0 Å². The van der Waals surface area contributed by atoms with Crippen LogP contribution in [0.25, 0.3) is 10.8 Å². The van der Waals surface area contributed by atoms with E-state index in [9.17, 15) is 19.8 Å². The Morgan fingerprint density at radius 3 is 2.12 bits per heavy atom. The van der Waals surface area contributed by atoms with E-state index in [0.29, 0.717) is 11.3 Å². The molecule has 2 amide bonds. The van der Waals surface area contributed by atoms with Crippen LogP contribution in [0.1, 0.15) is 26.3 Å². The standard InChI is InChI=1S/C27H24N2O4/c1-28(2)26(32)20-9-11-22(12-10-20)29(27(33)24-14-13-23(30)16-25(24)31)17-18-7-8-19-5-3-4-6-21(19)15-18/h3-16,30-31H,17H2,1-2H3. The average molecular weight is 440 g/mol. The molecule has 0 aromatic heterocycles. The molecule has 0 saturated heterocycles. The molecule has 0 fully saturated rings. The van der Waals surface area contributed by atoms with E-state index in [-0.39, 0.29) is 29.5 Å². The third kappa shape index (κ3) is 4.65. The van der Waals surface area contributed by atoms with Gasteiger partial charge in [-0.25, -0.2) is 0 Å². The van der Waals surface area contributed by atoms with Crippen molar-refractivity contribution in [3.8, 4) is 11.5 Å². The number of hydrogen-bond acceptors (Lipinski definition) is 4. The molecule has 0 aliphatic carbocycles. The van der Waals surface area contributed by atoms with Gasteiger partial charge in [-0.05, 0) is 58.8 Å². The van der Waals surface area contributed by atoms with E-state index in [4.69, 9.17) is 0 Å². The molecule has 4 rings (SSSR count). The third-order valence-electron chi connectivity index (χ3n) is 5.44. The zero-order valence-electron chi connectivity index (χ0n) is 18.4. The third-order valence-corrected chi connectivity index (χ3v) is 5.44. The maximum absolute atomic E-state index is 13.5. The highest BCUT2D eigenvalue weighted by Crippen LogP contribution is 2.28. The fourth-order valence-electron chi connectivity index (χ4n) is 3.69. The normalized spacial score (nSPS) is 10.7. The number of carbonyl (C=O) groups is 2. The molecule has 0 spiro atoms. The number of phenols is 2. The number of benzene rings is 4. The first-order valence-electron chi connectivity index (χ1n) is 10.5. The number of aromatic hydroxyl groups is 2. The Morgan fingerprint density at radius 1 is 0.758 bits per heavy atom. The number of rotatable bonds is 5. The van der Waals surface area contributed by atoms with Crippen molar-refractivity contribution in [2.75, 3.05) is 19.0 Å². The Kier molecular flexibility index (Phi) is 6.00. The van der Waals surface area contributed by atoms with E-state index in [0.717, 1.165) is 22.4 Å². The van der Waals surface area contributed by atoms with E-state index in [2.05, 4.69) is 0 Å². The molecule has 0 atom stereocenters. The summed E-state index contributed by atoms with van der Waals surface area (Å²) in [4.78, 5) is 28.8. The molecule has 0 unspecified atom stereocenters. The van der Waals surface area contributed by atoms with E-state index >= 15 is 0 Å². The summed E-state index contributed by atoms with van der Waals surface area (Å²) in [6, 6.07) is 24.6. The van der Waals surface area contributed by atoms with Crippen molar-refractivity contribution in [1.82, 2.24) is 4.90 Å². The van der Waals surface area contributed by atoms with E-state index in [1.165, 1.54) is 17.0 Å². The Balaban J connectivity index is 1.74. The maximum Gasteiger partial charge on any atom is 0.262 e. The number of nitrogens with zero attached hydrogens (tertiary/aromatic N) is 2. The summed E-state index contributed by atoms with van der Waals surface area (Å²) in [6.07, 6.45) is 0.